The smallest absolute Gasteiger partial charge is 0.334 e. The van der Waals surface area contributed by atoms with E-state index in [2.05, 4.69) is 4.98 Å². The Morgan fingerprint density at radius 2 is 0.621 bits per heavy atom. The Hall–Kier alpha value is -14.8. The maximum Gasteiger partial charge on any atom is 0.334 e. The van der Waals surface area contributed by atoms with Crippen molar-refractivity contribution < 1.29 is 138 Å². The second kappa shape index (κ2) is 45.5. The third kappa shape index (κ3) is 27.3. The van der Waals surface area contributed by atoms with Crippen molar-refractivity contribution in [3.05, 3.63) is 298 Å². The molecule has 30 heteroatoms. The molecule has 0 bridgehead atoms. The molecule has 0 radical (unpaired) electrons. The number of aromatic hydroxyl groups is 1. The Kier molecular flexibility index (Phi) is 33.0. The number of ether oxygens (including phenoxy) is 21. The molecule has 10 aliphatic rings. The summed E-state index contributed by atoms with van der Waals surface area (Å²) in [6, 6.07) is 44.5. The number of esters is 7. The van der Waals surface area contributed by atoms with Crippen molar-refractivity contribution in [3.8, 4) is 46.0 Å². The SMILES string of the molecule is COC1=CC(=O)OC(/C=C/c2ccc(O)cc2)C1.COC1=CC(=O)OC(/C=C/c2ccc(OC)cc2)C1.COC1=CC(=O)OC(/C=C/c2cccnc2)C1.COC1=CC(=O)OC(c2ccc3c(c2)OCCO3)C1.COC1=CC(=O)OC(c2ccc3c(c2)OCO3)C1.COC1=CC(=O)OC(c2ccc3c(c2)OCO3)C1.COC1=CC(=O)OC(c2ccccc2)C1. The number of carbonyl (C=O) groups is 7. The molecule has 1 N–H and O–H groups in total. The van der Waals surface area contributed by atoms with E-state index in [-0.39, 0.29) is 97.9 Å². The van der Waals surface area contributed by atoms with Gasteiger partial charge in [0.25, 0.3) is 0 Å². The number of benzene rings is 6. The summed E-state index contributed by atoms with van der Waals surface area (Å²) in [5.41, 5.74) is 6.53. The highest BCUT2D eigenvalue weighted by Crippen LogP contribution is 2.41. The standard InChI is InChI=1S/C15H16O4.C14H14O5.C14H14O4.C13H13NO3.2C13H12O5.C12H12O3/c1-17-12-6-3-11(4-7-12)5-8-13-9-14(18-2)10-15(16)19-13;1-16-10-7-12(19-14(15)8-10)9-2-3-11-13(6-9)18-5-4-17-11;1-17-13-8-12(18-14(16)9-13)7-4-10-2-5-11(15)6-3-10;1-16-12-7-11(17-13(15)8-12)5-4-10-3-2-6-14-9-10;2*1-15-9-5-11(18-13(14)6-9)8-2-3-10-12(4-8)17-7-16-10;1-14-10-7-11(15-12(13)8-10)9-5-3-2-4-6-9/h3-8,10,13H,9H2,1-2H3;2-3,6,8,12H,4-5,7H2,1H3;2-7,9,12,15H,8H2,1H3;2-6,8-9,11H,7H2,1H3;2*2-4,6,11H,5,7H2,1H3;2-6,8,11H,7H2,1H3/b8-5+;;7-4+;5-4+;;;. The van der Waals surface area contributed by atoms with Crippen molar-refractivity contribution in [1.82, 2.24) is 4.98 Å². The number of hydrogen-bond donors (Lipinski definition) is 1. The van der Waals surface area contributed by atoms with Crippen LogP contribution in [0.2, 0.25) is 0 Å². The van der Waals surface area contributed by atoms with Gasteiger partial charge in [-0.15, -0.1) is 0 Å². The number of rotatable bonds is 18. The number of hydrogen-bond acceptors (Lipinski definition) is 30. The molecule has 0 amide bonds. The molecule has 30 nitrogen and oxygen atoms in total. The summed E-state index contributed by atoms with van der Waals surface area (Å²) in [5.74, 6) is 7.02. The molecule has 0 saturated heterocycles. The van der Waals surface area contributed by atoms with Gasteiger partial charge in [-0.3, -0.25) is 4.98 Å². The quantitative estimate of drug-likeness (QED) is 0.0616. The van der Waals surface area contributed by atoms with Crippen molar-refractivity contribution in [2.24, 2.45) is 0 Å². The Labute approximate surface area is 715 Å². The molecule has 0 fully saturated rings. The van der Waals surface area contributed by atoms with Crippen LogP contribution in [0.1, 0.15) is 108 Å². The van der Waals surface area contributed by atoms with Gasteiger partial charge in [-0.2, -0.15) is 0 Å². The average Bonchev–Trinajstić information content (AvgIpc) is 1.24. The van der Waals surface area contributed by atoms with Crippen molar-refractivity contribution in [2.45, 2.75) is 87.7 Å². The monoisotopic (exact) mass is 1700 g/mol. The van der Waals surface area contributed by atoms with Crippen LogP contribution in [0.3, 0.4) is 0 Å². The summed E-state index contributed by atoms with van der Waals surface area (Å²) >= 11 is 0. The molecular formula is C94H93NO29. The second-order valence-corrected chi connectivity index (χ2v) is 27.5. The summed E-state index contributed by atoms with van der Waals surface area (Å²) in [7, 11) is 12.5. The van der Waals surface area contributed by atoms with Crippen LogP contribution >= 0.6 is 0 Å². The fourth-order valence-electron chi connectivity index (χ4n) is 12.8. The van der Waals surface area contributed by atoms with E-state index >= 15 is 0 Å². The zero-order chi connectivity index (χ0) is 87.7. The Balaban J connectivity index is 0.000000141. The van der Waals surface area contributed by atoms with Gasteiger partial charge in [-0.05, 0) is 124 Å². The highest BCUT2D eigenvalue weighted by Gasteiger charge is 2.31. The molecular weight excluding hydrogens is 1610 g/mol. The molecule has 124 heavy (non-hydrogen) atoms. The van der Waals surface area contributed by atoms with Crippen molar-refractivity contribution in [2.75, 3.05) is 83.7 Å². The lowest BCUT2D eigenvalue weighted by Crippen LogP contribution is -2.21. The highest BCUT2D eigenvalue weighted by atomic mass is 16.7. The molecule has 10 aliphatic heterocycles. The lowest BCUT2D eigenvalue weighted by molar-refractivity contribution is -0.146. The summed E-state index contributed by atoms with van der Waals surface area (Å²) < 4.78 is 109. The van der Waals surface area contributed by atoms with Gasteiger partial charge in [-0.25, -0.2) is 33.6 Å². The second-order valence-electron chi connectivity index (χ2n) is 27.5. The normalized spacial score (nSPS) is 20.4. The Morgan fingerprint density at radius 1 is 0.306 bits per heavy atom. The summed E-state index contributed by atoms with van der Waals surface area (Å²) in [4.78, 5) is 83.3. The number of phenols is 1. The number of aromatic nitrogens is 1. The molecule has 0 aliphatic carbocycles. The summed E-state index contributed by atoms with van der Waals surface area (Å²) in [6.07, 6.45) is 25.9. The van der Waals surface area contributed by atoms with E-state index in [0.717, 1.165) is 50.4 Å². The van der Waals surface area contributed by atoms with Gasteiger partial charge >= 0.3 is 41.8 Å². The number of nitrogens with zero attached hydrogens (tertiary/aromatic N) is 1. The van der Waals surface area contributed by atoms with E-state index in [4.69, 9.17) is 105 Å². The molecule has 648 valence electrons. The van der Waals surface area contributed by atoms with E-state index in [1.54, 1.807) is 92.5 Å². The molecule has 0 spiro atoms. The van der Waals surface area contributed by atoms with Gasteiger partial charge in [0, 0.05) is 57.3 Å². The van der Waals surface area contributed by atoms with E-state index in [9.17, 15) is 33.6 Å². The minimum absolute atomic E-state index is 0.223. The Bertz CT molecular complexity index is 5100. The average molecular weight is 1700 g/mol. The van der Waals surface area contributed by atoms with E-state index < -0.39 is 5.97 Å². The number of phenolic OH excluding ortho intramolecular Hbond substituents is 1. The molecule has 6 aromatic carbocycles. The molecule has 7 aromatic rings. The summed E-state index contributed by atoms with van der Waals surface area (Å²) in [6.45, 7) is 1.55. The number of carbonyl (C=O) groups excluding carboxylic acids is 7. The first-order chi connectivity index (χ1) is 60.2. The van der Waals surface area contributed by atoms with Crippen LogP contribution in [-0.2, 0) is 99.9 Å². The van der Waals surface area contributed by atoms with Crippen LogP contribution in [0.4, 0.5) is 0 Å². The zero-order valence-corrected chi connectivity index (χ0v) is 69.2. The van der Waals surface area contributed by atoms with E-state index in [1.807, 2.05) is 152 Å². The van der Waals surface area contributed by atoms with Crippen LogP contribution in [-0.4, -0.2) is 154 Å². The van der Waals surface area contributed by atoms with E-state index in [1.165, 1.54) is 49.6 Å². The van der Waals surface area contributed by atoms with Crippen LogP contribution in [0, 0.1) is 0 Å². The summed E-state index contributed by atoms with van der Waals surface area (Å²) in [5, 5.41) is 9.16. The maximum absolute atomic E-state index is 11.5. The van der Waals surface area contributed by atoms with Crippen LogP contribution in [0.15, 0.2) is 259 Å². The van der Waals surface area contributed by atoms with Crippen molar-refractivity contribution in [1.29, 1.82) is 0 Å². The van der Waals surface area contributed by atoms with Crippen LogP contribution < -0.4 is 33.2 Å². The third-order valence-corrected chi connectivity index (χ3v) is 19.2. The number of cyclic esters (lactones) is 7. The molecule has 1 aromatic heterocycles. The number of methoxy groups -OCH3 is 8. The predicted octanol–water partition coefficient (Wildman–Crippen LogP) is 14.8. The van der Waals surface area contributed by atoms with Crippen molar-refractivity contribution in [3.63, 3.8) is 0 Å². The minimum Gasteiger partial charge on any atom is -0.508 e. The maximum atomic E-state index is 11.5. The van der Waals surface area contributed by atoms with Gasteiger partial charge in [0.05, 0.1) is 99.4 Å². The first-order valence-electron chi connectivity index (χ1n) is 39.0. The highest BCUT2D eigenvalue weighted by molar-refractivity contribution is 5.87. The van der Waals surface area contributed by atoms with Gasteiger partial charge in [0.15, 0.2) is 34.5 Å². The number of fused-ring (bicyclic) bond motifs is 3. The minimum atomic E-state index is -0.390. The third-order valence-electron chi connectivity index (χ3n) is 19.2. The fourth-order valence-corrected chi connectivity index (χ4v) is 12.8. The first kappa shape index (κ1) is 89.9. The Morgan fingerprint density at radius 3 is 0.976 bits per heavy atom. The fraction of sp³-hybridized carbons (Fsp3) is 0.277. The predicted molar refractivity (Wildman–Crippen MR) is 444 cm³/mol. The van der Waals surface area contributed by atoms with Gasteiger partial charge in [-0.1, -0.05) is 97.1 Å². The zero-order valence-electron chi connectivity index (χ0n) is 69.2. The van der Waals surface area contributed by atoms with E-state index in [0.29, 0.717) is 127 Å². The molecule has 0 saturated carbocycles. The molecule has 7 atom stereocenters. The molecule has 17 rings (SSSR count). The molecule has 11 heterocycles. The van der Waals surface area contributed by atoms with Crippen LogP contribution in [0.25, 0.3) is 18.2 Å². The lowest BCUT2D eigenvalue weighted by atomic mass is 10.0. The van der Waals surface area contributed by atoms with Gasteiger partial charge in [0.1, 0.15) is 108 Å². The van der Waals surface area contributed by atoms with Gasteiger partial charge in [0.2, 0.25) is 13.6 Å². The van der Waals surface area contributed by atoms with Crippen LogP contribution in [0.5, 0.6) is 46.0 Å². The lowest BCUT2D eigenvalue weighted by Gasteiger charge is -2.24. The number of pyridine rings is 1. The molecule has 7 unspecified atom stereocenters. The topological polar surface area (TPSA) is 346 Å². The van der Waals surface area contributed by atoms with Gasteiger partial charge < -0.3 is 105 Å². The first-order valence-corrected chi connectivity index (χ1v) is 39.0. The van der Waals surface area contributed by atoms with Crippen molar-refractivity contribution >= 4 is 60.0 Å². The largest absolute Gasteiger partial charge is 0.508 e.